The summed E-state index contributed by atoms with van der Waals surface area (Å²) in [5, 5.41) is 2.87. The molecule has 4 N–H and O–H groups in total. The number of ketones is 1. The Labute approximate surface area is 240 Å². The monoisotopic (exact) mass is 594 g/mol. The van der Waals surface area contributed by atoms with E-state index in [4.69, 9.17) is 36.7 Å². The van der Waals surface area contributed by atoms with Crippen LogP contribution in [-0.2, 0) is 39.0 Å². The SMILES string of the molecule is CC(=O)CNCc1cn(C)c(=S)[nH]c1=O.Cn1cc(CN2CCCC2)c(=O)[nH]c1=S.Cn1ccc(=O)[nH]c1=S. The summed E-state index contributed by atoms with van der Waals surface area (Å²) < 4.78 is 6.41. The van der Waals surface area contributed by atoms with Crippen LogP contribution in [0.25, 0.3) is 0 Å². The van der Waals surface area contributed by atoms with E-state index in [1.54, 1.807) is 40.2 Å². The van der Waals surface area contributed by atoms with Crippen LogP contribution in [0.4, 0.5) is 0 Å². The maximum Gasteiger partial charge on any atom is 0.256 e. The summed E-state index contributed by atoms with van der Waals surface area (Å²) in [4.78, 5) is 54.2. The highest BCUT2D eigenvalue weighted by Crippen LogP contribution is 2.09. The van der Waals surface area contributed by atoms with Crippen LogP contribution in [0.1, 0.15) is 30.9 Å². The van der Waals surface area contributed by atoms with Crippen molar-refractivity contribution >= 4 is 42.4 Å². The molecule has 0 bridgehead atoms. The molecule has 3 aromatic rings. The minimum atomic E-state index is -0.214. The lowest BCUT2D eigenvalue weighted by Crippen LogP contribution is -2.26. The Bertz CT molecular complexity index is 1620. The summed E-state index contributed by atoms with van der Waals surface area (Å²) in [6.07, 6.45) is 7.60. The number of carbonyl (C=O) groups excluding carboxylic acids is 1. The van der Waals surface area contributed by atoms with Gasteiger partial charge in [0.25, 0.3) is 16.7 Å². The highest BCUT2D eigenvalue weighted by molar-refractivity contribution is 7.71. The van der Waals surface area contributed by atoms with E-state index in [1.807, 2.05) is 13.2 Å². The van der Waals surface area contributed by atoms with E-state index in [0.29, 0.717) is 26.4 Å². The first-order chi connectivity index (χ1) is 18.4. The molecule has 4 heterocycles. The number of rotatable bonds is 6. The molecule has 0 amide bonds. The lowest BCUT2D eigenvalue weighted by atomic mass is 10.3. The van der Waals surface area contributed by atoms with Crippen molar-refractivity contribution in [3.8, 4) is 0 Å². The molecule has 3 aromatic heterocycles. The zero-order chi connectivity index (χ0) is 29.1. The summed E-state index contributed by atoms with van der Waals surface area (Å²) in [5.74, 6) is 0.0377. The first-order valence-electron chi connectivity index (χ1n) is 12.1. The number of hydrogen-bond donors (Lipinski definition) is 4. The Morgan fingerprint density at radius 2 is 1.36 bits per heavy atom. The first kappa shape index (κ1) is 32.1. The van der Waals surface area contributed by atoms with Crippen molar-refractivity contribution in [3.63, 3.8) is 0 Å². The number of Topliss-reactive ketones (excluding diaryl/α,β-unsaturated/α-hetero) is 1. The zero-order valence-corrected chi connectivity index (χ0v) is 24.9. The van der Waals surface area contributed by atoms with Crippen LogP contribution in [0.5, 0.6) is 0 Å². The van der Waals surface area contributed by atoms with E-state index >= 15 is 0 Å². The van der Waals surface area contributed by atoms with Crippen LogP contribution in [0.2, 0.25) is 0 Å². The largest absolute Gasteiger partial charge is 0.328 e. The Hall–Kier alpha value is -3.11. The predicted molar refractivity (Wildman–Crippen MR) is 158 cm³/mol. The van der Waals surface area contributed by atoms with Gasteiger partial charge in [-0.05, 0) is 69.5 Å². The average Bonchev–Trinajstić information content (AvgIpc) is 3.37. The molecule has 212 valence electrons. The fraction of sp³-hybridized carbons (Fsp3) is 0.458. The smallest absolute Gasteiger partial charge is 0.256 e. The van der Waals surface area contributed by atoms with Gasteiger partial charge in [0.2, 0.25) is 0 Å². The van der Waals surface area contributed by atoms with Crippen molar-refractivity contribution in [2.24, 2.45) is 21.1 Å². The second-order valence-corrected chi connectivity index (χ2v) is 10.2. The van der Waals surface area contributed by atoms with Gasteiger partial charge >= 0.3 is 0 Å². The fourth-order valence-corrected chi connectivity index (χ4v) is 3.96. The lowest BCUT2D eigenvalue weighted by Gasteiger charge is -2.14. The van der Waals surface area contributed by atoms with Crippen molar-refractivity contribution in [3.05, 3.63) is 81.2 Å². The number of carbonyl (C=O) groups is 1. The van der Waals surface area contributed by atoms with Crippen molar-refractivity contribution in [1.29, 1.82) is 0 Å². The molecule has 15 heteroatoms. The van der Waals surface area contributed by atoms with Crippen molar-refractivity contribution in [2.75, 3.05) is 19.6 Å². The van der Waals surface area contributed by atoms with E-state index in [1.165, 1.54) is 25.8 Å². The summed E-state index contributed by atoms with van der Waals surface area (Å²) >= 11 is 14.6. The Morgan fingerprint density at radius 3 is 1.87 bits per heavy atom. The van der Waals surface area contributed by atoms with Crippen LogP contribution >= 0.6 is 36.7 Å². The predicted octanol–water partition coefficient (Wildman–Crippen LogP) is 1.60. The summed E-state index contributed by atoms with van der Waals surface area (Å²) in [5.41, 5.74) is 0.942. The van der Waals surface area contributed by atoms with Gasteiger partial charge in [-0.25, -0.2) is 0 Å². The number of aromatic nitrogens is 6. The van der Waals surface area contributed by atoms with Crippen LogP contribution < -0.4 is 22.0 Å². The molecule has 1 aliphatic rings. The highest BCUT2D eigenvalue weighted by atomic mass is 32.1. The minimum absolute atomic E-state index is 0.0377. The number of nitrogens with one attached hydrogen (secondary N) is 4. The van der Waals surface area contributed by atoms with Crippen LogP contribution in [0, 0.1) is 14.3 Å². The number of nitrogens with zero attached hydrogens (tertiary/aromatic N) is 4. The standard InChI is InChI=1S/C10H15N3OS.C9H13N3O2S.C5H6N2OS/c1-12-6-8(9(14)11-10(12)15)7-13-4-2-3-5-13;1-6(13)3-10-4-7-5-12(2)9(15)11-8(7)14;1-7-3-2-4(8)6-5(7)9/h6H,2-5,7H2,1H3,(H,11,14,15);5,10H,3-4H2,1-2H3,(H,11,14,15);2-3H,1H3,(H,6,8,9). The number of hydrogen-bond acceptors (Lipinski definition) is 9. The van der Waals surface area contributed by atoms with Gasteiger partial charge < -0.3 is 19.0 Å². The molecule has 1 saturated heterocycles. The van der Waals surface area contributed by atoms with Gasteiger partial charge in [-0.15, -0.1) is 0 Å². The second kappa shape index (κ2) is 15.5. The average molecular weight is 595 g/mol. The third kappa shape index (κ3) is 10.9. The number of aryl methyl sites for hydroxylation is 3. The van der Waals surface area contributed by atoms with Gasteiger partial charge in [0.05, 0.1) is 6.54 Å². The number of H-pyrrole nitrogens is 3. The maximum atomic E-state index is 11.6. The molecule has 1 fully saturated rings. The molecule has 0 unspecified atom stereocenters. The molecular formula is C24H34N8O4S3. The molecular weight excluding hydrogens is 561 g/mol. The van der Waals surface area contributed by atoms with Gasteiger partial charge in [0.1, 0.15) is 5.78 Å². The molecule has 0 atom stereocenters. The Morgan fingerprint density at radius 1 is 0.846 bits per heavy atom. The third-order valence-corrected chi connectivity index (χ3v) is 6.82. The van der Waals surface area contributed by atoms with E-state index < -0.39 is 0 Å². The number of aromatic amines is 3. The Balaban J connectivity index is 0.000000212. The molecule has 0 aliphatic carbocycles. The maximum absolute atomic E-state index is 11.6. The molecule has 39 heavy (non-hydrogen) atoms. The summed E-state index contributed by atoms with van der Waals surface area (Å²) in [6.45, 7) is 5.04. The van der Waals surface area contributed by atoms with Crippen molar-refractivity contribution < 1.29 is 4.79 Å². The van der Waals surface area contributed by atoms with E-state index in [0.717, 1.165) is 25.2 Å². The highest BCUT2D eigenvalue weighted by Gasteiger charge is 2.13. The quantitative estimate of drug-likeness (QED) is 0.313. The van der Waals surface area contributed by atoms with Crippen molar-refractivity contribution in [1.82, 2.24) is 38.9 Å². The van der Waals surface area contributed by atoms with Crippen LogP contribution in [0.15, 0.2) is 39.0 Å². The molecule has 0 saturated carbocycles. The van der Waals surface area contributed by atoms with Gasteiger partial charge in [0, 0.05) is 70.0 Å². The fourth-order valence-electron chi connectivity index (χ4n) is 3.51. The molecule has 0 radical (unpaired) electrons. The molecule has 0 spiro atoms. The van der Waals surface area contributed by atoms with Gasteiger partial charge in [-0.2, -0.15) is 0 Å². The zero-order valence-electron chi connectivity index (χ0n) is 22.4. The second-order valence-electron chi connectivity index (χ2n) is 9.06. The van der Waals surface area contributed by atoms with E-state index in [2.05, 4.69) is 25.2 Å². The van der Waals surface area contributed by atoms with E-state index in [9.17, 15) is 19.2 Å². The molecule has 12 nitrogen and oxygen atoms in total. The van der Waals surface area contributed by atoms with Crippen molar-refractivity contribution in [2.45, 2.75) is 32.9 Å². The minimum Gasteiger partial charge on any atom is -0.328 e. The molecule has 0 aromatic carbocycles. The van der Waals surface area contributed by atoms with E-state index in [-0.39, 0.29) is 29.0 Å². The molecule has 1 aliphatic heterocycles. The van der Waals surface area contributed by atoms with Gasteiger partial charge in [-0.1, -0.05) is 0 Å². The number of likely N-dealkylation sites (tertiary alicyclic amines) is 1. The third-order valence-electron chi connectivity index (χ3n) is 5.65. The van der Waals surface area contributed by atoms with Crippen LogP contribution in [0.3, 0.4) is 0 Å². The lowest BCUT2D eigenvalue weighted by molar-refractivity contribution is -0.116. The normalized spacial score (nSPS) is 12.7. The first-order valence-corrected chi connectivity index (χ1v) is 13.4. The topological polar surface area (TPSA) is 146 Å². The Kier molecular flexibility index (Phi) is 12.7. The van der Waals surface area contributed by atoms with Gasteiger partial charge in [-0.3, -0.25) is 39.0 Å². The summed E-state index contributed by atoms with van der Waals surface area (Å²) in [6, 6.07) is 1.43. The van der Waals surface area contributed by atoms with Crippen LogP contribution in [-0.4, -0.2) is 59.0 Å². The van der Waals surface area contributed by atoms with Gasteiger partial charge in [0.15, 0.2) is 14.3 Å². The molecule has 4 rings (SSSR count). The summed E-state index contributed by atoms with van der Waals surface area (Å²) in [7, 11) is 5.39.